The van der Waals surface area contributed by atoms with Crippen LogP contribution in [-0.2, 0) is 0 Å². The number of rotatable bonds is 1. The lowest BCUT2D eigenvalue weighted by atomic mass is 10.1. The predicted molar refractivity (Wildman–Crippen MR) is 87.1 cm³/mol. The third-order valence-electron chi connectivity index (χ3n) is 3.27. The summed E-state index contributed by atoms with van der Waals surface area (Å²) in [5.41, 5.74) is 2.99. The van der Waals surface area contributed by atoms with Crippen LogP contribution in [0.2, 0.25) is 5.15 Å². The minimum absolute atomic E-state index is 0.305. The number of hydrogen-bond donors (Lipinski definition) is 0. The van der Waals surface area contributed by atoms with Gasteiger partial charge in [-0.15, -0.1) is 0 Å². The predicted octanol–water partition coefficient (Wildman–Crippen LogP) is 5.47. The van der Waals surface area contributed by atoms with E-state index in [4.69, 9.17) is 11.6 Å². The first kappa shape index (κ1) is 14.4. The molecule has 5 heteroatoms. The smallest absolute Gasteiger partial charge is 0.164 e. The molecule has 0 fully saturated rings. The van der Waals surface area contributed by atoms with Crippen molar-refractivity contribution < 1.29 is 4.39 Å². The highest BCUT2D eigenvalue weighted by Crippen LogP contribution is 2.30. The molecule has 0 aliphatic heterocycles. The molecule has 0 radical (unpaired) electrons. The van der Waals surface area contributed by atoms with Gasteiger partial charge in [0.1, 0.15) is 11.0 Å². The highest BCUT2D eigenvalue weighted by atomic mass is 79.9. The number of fused-ring (bicyclic) bond motifs is 1. The molecular formula is C16H11BrClFN2. The summed E-state index contributed by atoms with van der Waals surface area (Å²) in [4.78, 5) is 8.74. The Morgan fingerprint density at radius 3 is 2.62 bits per heavy atom. The lowest BCUT2D eigenvalue weighted by molar-refractivity contribution is 0.629. The maximum absolute atomic E-state index is 14.0. The number of halogens is 3. The van der Waals surface area contributed by atoms with Gasteiger partial charge in [-0.2, -0.15) is 0 Å². The highest BCUT2D eigenvalue weighted by Gasteiger charge is 2.13. The summed E-state index contributed by atoms with van der Waals surface area (Å²) >= 11 is 9.68. The van der Waals surface area contributed by atoms with E-state index >= 15 is 0 Å². The molecule has 21 heavy (non-hydrogen) atoms. The maximum Gasteiger partial charge on any atom is 0.164 e. The zero-order valence-corrected chi connectivity index (χ0v) is 13.8. The Hall–Kier alpha value is -1.52. The molecule has 1 heterocycles. The quantitative estimate of drug-likeness (QED) is 0.534. The molecule has 0 spiro atoms. The molecule has 0 aliphatic carbocycles. The van der Waals surface area contributed by atoms with Gasteiger partial charge in [-0.1, -0.05) is 39.2 Å². The number of benzene rings is 2. The Morgan fingerprint density at radius 1 is 1.10 bits per heavy atom. The number of nitrogens with zero attached hydrogens (tertiary/aromatic N) is 2. The van der Waals surface area contributed by atoms with Crippen LogP contribution in [0.1, 0.15) is 11.1 Å². The van der Waals surface area contributed by atoms with Crippen LogP contribution >= 0.6 is 27.5 Å². The van der Waals surface area contributed by atoms with Crippen LogP contribution in [0, 0.1) is 19.7 Å². The molecular weight excluding hydrogens is 355 g/mol. The molecule has 2 aromatic carbocycles. The van der Waals surface area contributed by atoms with Crippen molar-refractivity contribution in [2.45, 2.75) is 13.8 Å². The molecule has 0 bridgehead atoms. The van der Waals surface area contributed by atoms with Crippen molar-refractivity contribution in [2.24, 2.45) is 0 Å². The summed E-state index contributed by atoms with van der Waals surface area (Å²) in [6.07, 6.45) is 0. The lowest BCUT2D eigenvalue weighted by Gasteiger charge is -2.09. The van der Waals surface area contributed by atoms with Gasteiger partial charge >= 0.3 is 0 Å². The summed E-state index contributed by atoms with van der Waals surface area (Å²) in [7, 11) is 0. The van der Waals surface area contributed by atoms with Crippen LogP contribution in [-0.4, -0.2) is 9.97 Å². The Bertz CT molecular complexity index is 865. The molecule has 106 valence electrons. The van der Waals surface area contributed by atoms with Crippen LogP contribution in [0.15, 0.2) is 34.8 Å². The van der Waals surface area contributed by atoms with E-state index in [-0.39, 0.29) is 5.82 Å². The first-order valence-electron chi connectivity index (χ1n) is 6.35. The lowest BCUT2D eigenvalue weighted by Crippen LogP contribution is -1.96. The largest absolute Gasteiger partial charge is 0.227 e. The third kappa shape index (κ3) is 2.65. The maximum atomic E-state index is 14.0. The molecule has 2 nitrogen and oxygen atoms in total. The van der Waals surface area contributed by atoms with E-state index in [1.807, 2.05) is 26.0 Å². The Balaban J connectivity index is 2.33. The molecule has 0 saturated carbocycles. The second-order valence-electron chi connectivity index (χ2n) is 4.94. The van der Waals surface area contributed by atoms with Gasteiger partial charge in [0.2, 0.25) is 0 Å². The van der Waals surface area contributed by atoms with E-state index in [1.54, 1.807) is 12.1 Å². The highest BCUT2D eigenvalue weighted by molar-refractivity contribution is 9.10. The number of hydrogen-bond acceptors (Lipinski definition) is 2. The summed E-state index contributed by atoms with van der Waals surface area (Å²) < 4.78 is 14.9. The molecule has 0 N–H and O–H groups in total. The standard InChI is InChI=1S/C16H11BrClFN2/c1-8-3-4-13(19)11(5-8)16-20-14-9(2)6-10(17)7-12(14)15(18)21-16/h3-7H,1-2H3. The second-order valence-corrected chi connectivity index (χ2v) is 6.21. The van der Waals surface area contributed by atoms with E-state index in [1.165, 1.54) is 6.07 Å². The van der Waals surface area contributed by atoms with E-state index in [0.717, 1.165) is 26.5 Å². The minimum Gasteiger partial charge on any atom is -0.227 e. The molecule has 1 aromatic heterocycles. The van der Waals surface area contributed by atoms with Gasteiger partial charge in [-0.05, 0) is 43.7 Å². The van der Waals surface area contributed by atoms with Crippen molar-refractivity contribution in [2.75, 3.05) is 0 Å². The SMILES string of the molecule is Cc1ccc(F)c(-c2nc(Cl)c3cc(Br)cc(C)c3n2)c1. The fourth-order valence-electron chi connectivity index (χ4n) is 2.26. The Morgan fingerprint density at radius 2 is 1.86 bits per heavy atom. The van der Waals surface area contributed by atoms with E-state index in [2.05, 4.69) is 25.9 Å². The molecule has 0 aliphatic rings. The Kier molecular flexibility index (Phi) is 3.68. The average molecular weight is 366 g/mol. The van der Waals surface area contributed by atoms with Gasteiger partial charge in [0.25, 0.3) is 0 Å². The van der Waals surface area contributed by atoms with Crippen molar-refractivity contribution in [3.63, 3.8) is 0 Å². The molecule has 3 rings (SSSR count). The third-order valence-corrected chi connectivity index (χ3v) is 4.02. The van der Waals surface area contributed by atoms with Gasteiger partial charge in [0.15, 0.2) is 5.82 Å². The molecule has 0 atom stereocenters. The first-order chi connectivity index (χ1) is 9.95. The van der Waals surface area contributed by atoms with Crippen molar-refractivity contribution in [1.82, 2.24) is 9.97 Å². The molecule has 0 amide bonds. The number of aromatic nitrogens is 2. The van der Waals surface area contributed by atoms with Gasteiger partial charge in [-0.25, -0.2) is 14.4 Å². The summed E-state index contributed by atoms with van der Waals surface area (Å²) in [6.45, 7) is 3.83. The topological polar surface area (TPSA) is 25.8 Å². The van der Waals surface area contributed by atoms with Crippen LogP contribution < -0.4 is 0 Å². The van der Waals surface area contributed by atoms with Gasteiger partial charge < -0.3 is 0 Å². The average Bonchev–Trinajstić information content (AvgIpc) is 2.42. The van der Waals surface area contributed by atoms with Gasteiger partial charge in [-0.3, -0.25) is 0 Å². The first-order valence-corrected chi connectivity index (χ1v) is 7.53. The van der Waals surface area contributed by atoms with Crippen LogP contribution in [0.5, 0.6) is 0 Å². The van der Waals surface area contributed by atoms with Gasteiger partial charge in [0, 0.05) is 9.86 Å². The summed E-state index contributed by atoms with van der Waals surface area (Å²) in [6, 6.07) is 8.66. The fourth-order valence-corrected chi connectivity index (χ4v) is 3.05. The van der Waals surface area contributed by atoms with Crippen molar-refractivity contribution in [1.29, 1.82) is 0 Å². The Labute approximate surface area is 135 Å². The normalized spacial score (nSPS) is 11.1. The second kappa shape index (κ2) is 5.35. The van der Waals surface area contributed by atoms with Crippen LogP contribution in [0.3, 0.4) is 0 Å². The van der Waals surface area contributed by atoms with E-state index in [0.29, 0.717) is 16.5 Å². The molecule has 0 saturated heterocycles. The van der Waals surface area contributed by atoms with Gasteiger partial charge in [0.05, 0.1) is 11.1 Å². The van der Waals surface area contributed by atoms with Crippen molar-refractivity contribution >= 4 is 38.4 Å². The monoisotopic (exact) mass is 364 g/mol. The van der Waals surface area contributed by atoms with Crippen LogP contribution in [0.25, 0.3) is 22.3 Å². The zero-order valence-electron chi connectivity index (χ0n) is 11.4. The fraction of sp³-hybridized carbons (Fsp3) is 0.125. The van der Waals surface area contributed by atoms with E-state index in [9.17, 15) is 4.39 Å². The van der Waals surface area contributed by atoms with Crippen molar-refractivity contribution in [3.8, 4) is 11.4 Å². The van der Waals surface area contributed by atoms with Crippen molar-refractivity contribution in [3.05, 3.63) is 56.9 Å². The minimum atomic E-state index is -0.356. The zero-order chi connectivity index (χ0) is 15.1. The summed E-state index contributed by atoms with van der Waals surface area (Å²) in [5, 5.41) is 1.07. The molecule has 3 aromatic rings. The number of aryl methyl sites for hydroxylation is 2. The van der Waals surface area contributed by atoms with E-state index < -0.39 is 0 Å². The van der Waals surface area contributed by atoms with Crippen LogP contribution in [0.4, 0.5) is 4.39 Å². The summed E-state index contributed by atoms with van der Waals surface area (Å²) in [5.74, 6) is -0.0510. The molecule has 0 unspecified atom stereocenters.